The molecule has 2 rings (SSSR count). The van der Waals surface area contributed by atoms with Gasteiger partial charge in [0.25, 0.3) is 0 Å². The van der Waals surface area contributed by atoms with Gasteiger partial charge in [-0.1, -0.05) is 26.3 Å². The molecule has 0 radical (unpaired) electrons. The van der Waals surface area contributed by atoms with Crippen LogP contribution in [0.3, 0.4) is 0 Å². The lowest BCUT2D eigenvalue weighted by Crippen LogP contribution is -2.50. The van der Waals surface area contributed by atoms with Gasteiger partial charge in [0.2, 0.25) is 0 Å². The summed E-state index contributed by atoms with van der Waals surface area (Å²) in [7, 11) is 0. The fourth-order valence-electron chi connectivity index (χ4n) is 3.38. The molecule has 1 saturated carbocycles. The summed E-state index contributed by atoms with van der Waals surface area (Å²) in [6, 6.07) is 0. The van der Waals surface area contributed by atoms with E-state index in [-0.39, 0.29) is 28.5 Å². The zero-order chi connectivity index (χ0) is 12.8. The Balaban J connectivity index is 2.50. The van der Waals surface area contributed by atoms with Gasteiger partial charge in [0, 0.05) is 5.92 Å². The summed E-state index contributed by atoms with van der Waals surface area (Å²) in [4.78, 5) is 23.4. The Kier molecular flexibility index (Phi) is 2.98. The lowest BCUT2D eigenvalue weighted by molar-refractivity contribution is -0.135. The highest BCUT2D eigenvalue weighted by molar-refractivity contribution is 6.21. The van der Waals surface area contributed by atoms with E-state index in [1.54, 1.807) is 0 Å². The van der Waals surface area contributed by atoms with Gasteiger partial charge in [-0.3, -0.25) is 9.59 Å². The molecule has 0 amide bonds. The summed E-state index contributed by atoms with van der Waals surface area (Å²) in [5.74, 6) is -0.235. The van der Waals surface area contributed by atoms with Crippen LogP contribution in [0, 0.1) is 17.3 Å². The second kappa shape index (κ2) is 4.05. The van der Waals surface area contributed by atoms with Gasteiger partial charge >= 0.3 is 0 Å². The number of rotatable bonds is 1. The van der Waals surface area contributed by atoms with Crippen molar-refractivity contribution in [1.29, 1.82) is 0 Å². The topological polar surface area (TPSA) is 54.4 Å². The zero-order valence-electron chi connectivity index (χ0n) is 10.7. The van der Waals surface area contributed by atoms with Gasteiger partial charge < -0.3 is 5.11 Å². The summed E-state index contributed by atoms with van der Waals surface area (Å²) in [5.41, 5.74) is -0.0166. The number of aliphatic hydroxyl groups is 1. The second-order valence-electron chi connectivity index (χ2n) is 5.73. The molecule has 0 saturated heterocycles. The van der Waals surface area contributed by atoms with E-state index in [1.165, 1.54) is 6.92 Å². The Labute approximate surface area is 102 Å². The van der Waals surface area contributed by atoms with Crippen molar-refractivity contribution in [3.8, 4) is 0 Å². The normalized spacial score (nSPS) is 41.8. The summed E-state index contributed by atoms with van der Waals surface area (Å²) < 4.78 is 0. The Bertz CT molecular complexity index is 396. The predicted molar refractivity (Wildman–Crippen MR) is 64.4 cm³/mol. The van der Waals surface area contributed by atoms with Gasteiger partial charge in [-0.2, -0.15) is 0 Å². The number of ketones is 2. The summed E-state index contributed by atoms with van der Waals surface area (Å²) in [6.07, 6.45) is 3.85. The van der Waals surface area contributed by atoms with Crippen molar-refractivity contribution < 1.29 is 14.7 Å². The molecule has 0 aromatic rings. The van der Waals surface area contributed by atoms with E-state index in [0.717, 1.165) is 19.3 Å². The van der Waals surface area contributed by atoms with Crippen LogP contribution in [0.1, 0.15) is 40.0 Å². The monoisotopic (exact) mass is 236 g/mol. The summed E-state index contributed by atoms with van der Waals surface area (Å²) in [5, 5.41) is 10.1. The number of Topliss-reactive ketones (excluding diaryl/α,β-unsaturated/α-hetero) is 2. The maximum absolute atomic E-state index is 11.9. The Hall–Kier alpha value is -0.960. The van der Waals surface area contributed by atoms with Crippen LogP contribution >= 0.6 is 0 Å². The molecule has 0 heterocycles. The lowest BCUT2D eigenvalue weighted by atomic mass is 9.56. The quantitative estimate of drug-likeness (QED) is 0.707. The third-order valence-electron chi connectivity index (χ3n) is 4.76. The third-order valence-corrected chi connectivity index (χ3v) is 4.76. The van der Waals surface area contributed by atoms with Gasteiger partial charge in [-0.05, 0) is 31.1 Å². The molecular formula is C14H20O3. The molecule has 2 aliphatic carbocycles. The van der Waals surface area contributed by atoms with Crippen LogP contribution in [0.2, 0.25) is 0 Å². The van der Waals surface area contributed by atoms with E-state index in [4.69, 9.17) is 0 Å². The first kappa shape index (κ1) is 12.5. The van der Waals surface area contributed by atoms with Crippen LogP contribution in [0.5, 0.6) is 0 Å². The number of fused-ring (bicyclic) bond motifs is 1. The SMILES string of the molecule is CC(=O)C1=C[C@@]2(C)[C@H](C)CCC[C@H]2[C@H](O)C1=O. The van der Waals surface area contributed by atoms with Crippen molar-refractivity contribution in [2.75, 3.05) is 0 Å². The maximum Gasteiger partial charge on any atom is 0.194 e. The van der Waals surface area contributed by atoms with E-state index in [2.05, 4.69) is 13.8 Å². The van der Waals surface area contributed by atoms with Crippen molar-refractivity contribution in [2.45, 2.75) is 46.1 Å². The van der Waals surface area contributed by atoms with Crippen molar-refractivity contribution in [3.63, 3.8) is 0 Å². The molecule has 1 fully saturated rings. The minimum absolute atomic E-state index is 0.0261. The average Bonchev–Trinajstić information content (AvgIpc) is 2.26. The molecule has 1 N–H and O–H groups in total. The third kappa shape index (κ3) is 1.77. The van der Waals surface area contributed by atoms with Gasteiger partial charge in [0.1, 0.15) is 6.10 Å². The number of hydrogen-bond donors (Lipinski definition) is 1. The minimum Gasteiger partial charge on any atom is -0.385 e. The fourth-order valence-corrected chi connectivity index (χ4v) is 3.38. The Morgan fingerprint density at radius 3 is 2.71 bits per heavy atom. The molecule has 0 bridgehead atoms. The summed E-state index contributed by atoms with van der Waals surface area (Å²) >= 11 is 0. The van der Waals surface area contributed by atoms with E-state index >= 15 is 0 Å². The lowest BCUT2D eigenvalue weighted by Gasteiger charge is -2.48. The van der Waals surface area contributed by atoms with E-state index in [9.17, 15) is 14.7 Å². The van der Waals surface area contributed by atoms with Crippen LogP contribution in [-0.4, -0.2) is 22.8 Å². The Morgan fingerprint density at radius 1 is 1.47 bits per heavy atom. The standard InChI is InChI=1S/C14H20O3/c1-8-5-4-6-11-13(17)12(16)10(9(2)15)7-14(8,11)3/h7-8,11,13,17H,4-6H2,1-3H3/t8-,11+,13+,14+/m1/s1. The van der Waals surface area contributed by atoms with Crippen molar-refractivity contribution in [3.05, 3.63) is 11.6 Å². The highest BCUT2D eigenvalue weighted by Gasteiger charge is 2.50. The molecule has 2 aliphatic rings. The minimum atomic E-state index is -0.994. The molecule has 0 spiro atoms. The molecule has 0 aromatic carbocycles. The van der Waals surface area contributed by atoms with Gasteiger partial charge in [0.05, 0.1) is 5.57 Å². The largest absolute Gasteiger partial charge is 0.385 e. The van der Waals surface area contributed by atoms with Crippen molar-refractivity contribution >= 4 is 11.6 Å². The smallest absolute Gasteiger partial charge is 0.194 e. The first-order chi connectivity index (χ1) is 7.88. The van der Waals surface area contributed by atoms with Crippen molar-refractivity contribution in [2.24, 2.45) is 17.3 Å². The molecular weight excluding hydrogens is 216 g/mol. The summed E-state index contributed by atoms with van der Waals surface area (Å²) in [6.45, 7) is 5.61. The first-order valence-corrected chi connectivity index (χ1v) is 6.34. The van der Waals surface area contributed by atoms with Crippen molar-refractivity contribution in [1.82, 2.24) is 0 Å². The predicted octanol–water partition coefficient (Wildman–Crippen LogP) is 1.89. The molecule has 17 heavy (non-hydrogen) atoms. The van der Waals surface area contributed by atoms with Crippen LogP contribution in [-0.2, 0) is 9.59 Å². The van der Waals surface area contributed by atoms with Crippen LogP contribution in [0.25, 0.3) is 0 Å². The molecule has 94 valence electrons. The molecule has 3 heteroatoms. The fraction of sp³-hybridized carbons (Fsp3) is 0.714. The van der Waals surface area contributed by atoms with Crippen LogP contribution < -0.4 is 0 Å². The maximum atomic E-state index is 11.9. The van der Waals surface area contributed by atoms with Crippen LogP contribution in [0.15, 0.2) is 11.6 Å². The van der Waals surface area contributed by atoms with Crippen LogP contribution in [0.4, 0.5) is 0 Å². The molecule has 0 aliphatic heterocycles. The average molecular weight is 236 g/mol. The van der Waals surface area contributed by atoms with E-state index in [1.807, 2.05) is 6.08 Å². The van der Waals surface area contributed by atoms with Gasteiger partial charge in [-0.15, -0.1) is 0 Å². The number of hydrogen-bond acceptors (Lipinski definition) is 3. The molecule has 3 nitrogen and oxygen atoms in total. The molecule has 4 atom stereocenters. The van der Waals surface area contributed by atoms with Gasteiger partial charge in [-0.25, -0.2) is 0 Å². The first-order valence-electron chi connectivity index (χ1n) is 6.34. The number of carbonyl (C=O) groups excluding carboxylic acids is 2. The van der Waals surface area contributed by atoms with E-state index in [0.29, 0.717) is 5.92 Å². The van der Waals surface area contributed by atoms with Gasteiger partial charge in [0.15, 0.2) is 11.6 Å². The number of aliphatic hydroxyl groups excluding tert-OH is 1. The zero-order valence-corrected chi connectivity index (χ0v) is 10.7. The Morgan fingerprint density at radius 2 is 2.12 bits per heavy atom. The number of carbonyl (C=O) groups is 2. The van der Waals surface area contributed by atoms with E-state index < -0.39 is 6.10 Å². The highest BCUT2D eigenvalue weighted by Crippen LogP contribution is 2.50. The molecule has 0 aromatic heterocycles. The second-order valence-corrected chi connectivity index (χ2v) is 5.73. The number of allylic oxidation sites excluding steroid dienone is 1. The molecule has 0 unspecified atom stereocenters. The highest BCUT2D eigenvalue weighted by atomic mass is 16.3.